The predicted octanol–water partition coefficient (Wildman–Crippen LogP) is 4.88. The zero-order valence-corrected chi connectivity index (χ0v) is 20.2. The van der Waals surface area contributed by atoms with Gasteiger partial charge in [0.05, 0.1) is 13.2 Å². The maximum Gasteiger partial charge on any atom is 0.226 e. The van der Waals surface area contributed by atoms with E-state index < -0.39 is 0 Å². The fourth-order valence-electron chi connectivity index (χ4n) is 4.14. The Morgan fingerprint density at radius 3 is 2.56 bits per heavy atom. The second kappa shape index (κ2) is 11.4. The third kappa shape index (κ3) is 6.49. The standard InChI is InChI=1S/C27H38N2O3/c1-19(2)17-29(18-23-13-21(4)26-25(14-23)31-11-8-12-32-26)27(30)22(5)15-28-16-24-10-7-6-9-20(24)3/h6-7,9-10,13-14,19,22,28H,8,11-12,15-18H2,1-5H3. The maximum absolute atomic E-state index is 13.4. The van der Waals surface area contributed by atoms with E-state index in [-0.39, 0.29) is 11.8 Å². The molecule has 0 radical (unpaired) electrons. The molecule has 5 nitrogen and oxygen atoms in total. The maximum atomic E-state index is 13.4. The van der Waals surface area contributed by atoms with Gasteiger partial charge in [0.15, 0.2) is 11.5 Å². The van der Waals surface area contributed by atoms with Crippen molar-refractivity contribution in [3.05, 3.63) is 58.7 Å². The minimum Gasteiger partial charge on any atom is -0.490 e. The molecule has 1 unspecified atom stereocenters. The average molecular weight is 439 g/mol. The molecule has 1 heterocycles. The van der Waals surface area contributed by atoms with E-state index in [4.69, 9.17) is 9.47 Å². The van der Waals surface area contributed by atoms with E-state index in [1.165, 1.54) is 11.1 Å². The number of carbonyl (C=O) groups is 1. The Labute approximate surface area is 193 Å². The van der Waals surface area contributed by atoms with Crippen LogP contribution in [-0.4, -0.2) is 37.1 Å². The van der Waals surface area contributed by atoms with E-state index in [0.29, 0.717) is 32.2 Å². The minimum atomic E-state index is -0.0979. The van der Waals surface area contributed by atoms with Crippen LogP contribution in [0.2, 0.25) is 0 Å². The lowest BCUT2D eigenvalue weighted by Crippen LogP contribution is -2.40. The molecule has 3 rings (SSSR count). The molecule has 174 valence electrons. The van der Waals surface area contributed by atoms with E-state index in [2.05, 4.69) is 56.4 Å². The van der Waals surface area contributed by atoms with Gasteiger partial charge in [-0.3, -0.25) is 4.79 Å². The molecular weight excluding hydrogens is 400 g/mol. The number of fused-ring (bicyclic) bond motifs is 1. The molecule has 0 fully saturated rings. The first-order chi connectivity index (χ1) is 15.3. The van der Waals surface area contributed by atoms with E-state index in [9.17, 15) is 4.79 Å². The van der Waals surface area contributed by atoms with Crippen molar-refractivity contribution < 1.29 is 14.3 Å². The largest absolute Gasteiger partial charge is 0.490 e. The lowest BCUT2D eigenvalue weighted by atomic mass is 10.0. The van der Waals surface area contributed by atoms with Gasteiger partial charge in [0.25, 0.3) is 0 Å². The van der Waals surface area contributed by atoms with Crippen LogP contribution in [0.1, 0.15) is 49.4 Å². The highest BCUT2D eigenvalue weighted by atomic mass is 16.5. The number of amides is 1. The van der Waals surface area contributed by atoms with E-state index >= 15 is 0 Å². The van der Waals surface area contributed by atoms with E-state index in [0.717, 1.165) is 42.1 Å². The Morgan fingerprint density at radius 1 is 1.06 bits per heavy atom. The van der Waals surface area contributed by atoms with Crippen LogP contribution in [0.3, 0.4) is 0 Å². The Morgan fingerprint density at radius 2 is 1.81 bits per heavy atom. The second-order valence-corrected chi connectivity index (χ2v) is 9.36. The highest BCUT2D eigenvalue weighted by Gasteiger charge is 2.23. The summed E-state index contributed by atoms with van der Waals surface area (Å²) in [7, 11) is 0. The number of rotatable bonds is 9. The van der Waals surface area contributed by atoms with Gasteiger partial charge in [-0.25, -0.2) is 0 Å². The number of carbonyl (C=O) groups excluding carboxylic acids is 1. The summed E-state index contributed by atoms with van der Waals surface area (Å²) in [5, 5.41) is 3.47. The van der Waals surface area contributed by atoms with E-state index in [1.54, 1.807) is 0 Å². The molecule has 2 aromatic rings. The molecule has 1 amide bonds. The van der Waals surface area contributed by atoms with Gasteiger partial charge in [-0.05, 0) is 48.1 Å². The Bertz CT molecular complexity index is 910. The Balaban J connectivity index is 1.66. The molecule has 0 saturated heterocycles. The van der Waals surface area contributed by atoms with Crippen LogP contribution in [0.4, 0.5) is 0 Å². The van der Waals surface area contributed by atoms with Gasteiger partial charge >= 0.3 is 0 Å². The van der Waals surface area contributed by atoms with Crippen molar-refractivity contribution in [3.63, 3.8) is 0 Å². The molecule has 1 aliphatic heterocycles. The Hall–Kier alpha value is -2.53. The lowest BCUT2D eigenvalue weighted by molar-refractivity contribution is -0.136. The van der Waals surface area contributed by atoms with E-state index in [1.807, 2.05) is 24.8 Å². The third-order valence-corrected chi connectivity index (χ3v) is 5.81. The van der Waals surface area contributed by atoms with Crippen LogP contribution < -0.4 is 14.8 Å². The number of nitrogens with zero attached hydrogens (tertiary/aromatic N) is 1. The number of benzene rings is 2. The van der Waals surface area contributed by atoms with Gasteiger partial charge in [0.2, 0.25) is 5.91 Å². The monoisotopic (exact) mass is 438 g/mol. The first-order valence-corrected chi connectivity index (χ1v) is 11.8. The van der Waals surface area contributed by atoms with Crippen LogP contribution in [0, 0.1) is 25.7 Å². The zero-order valence-electron chi connectivity index (χ0n) is 20.2. The molecular formula is C27H38N2O3. The summed E-state index contributed by atoms with van der Waals surface area (Å²) < 4.78 is 11.8. The van der Waals surface area contributed by atoms with Crippen LogP contribution in [0.5, 0.6) is 11.5 Å². The van der Waals surface area contributed by atoms with Crippen LogP contribution in [0.15, 0.2) is 36.4 Å². The number of nitrogens with one attached hydrogen (secondary N) is 1. The fourth-order valence-corrected chi connectivity index (χ4v) is 4.14. The first kappa shape index (κ1) is 24.1. The van der Waals surface area contributed by atoms with Gasteiger partial charge in [0.1, 0.15) is 0 Å². The summed E-state index contributed by atoms with van der Waals surface area (Å²) in [6.07, 6.45) is 0.883. The molecule has 5 heteroatoms. The van der Waals surface area contributed by atoms with Gasteiger partial charge < -0.3 is 19.7 Å². The molecule has 2 aromatic carbocycles. The summed E-state index contributed by atoms with van der Waals surface area (Å²) in [5.41, 5.74) is 4.68. The Kier molecular flexibility index (Phi) is 8.57. The lowest BCUT2D eigenvalue weighted by Gasteiger charge is -2.28. The summed E-state index contributed by atoms with van der Waals surface area (Å²) in [4.78, 5) is 15.3. The van der Waals surface area contributed by atoms with Crippen molar-refractivity contribution in [3.8, 4) is 11.5 Å². The minimum absolute atomic E-state index is 0.0979. The van der Waals surface area contributed by atoms with Crippen molar-refractivity contribution in [1.29, 1.82) is 0 Å². The van der Waals surface area contributed by atoms with Crippen LogP contribution in [0.25, 0.3) is 0 Å². The molecule has 0 bridgehead atoms. The second-order valence-electron chi connectivity index (χ2n) is 9.36. The number of hydrogen-bond acceptors (Lipinski definition) is 4. The van der Waals surface area contributed by atoms with Gasteiger partial charge in [-0.1, -0.05) is 51.1 Å². The van der Waals surface area contributed by atoms with Crippen molar-refractivity contribution >= 4 is 5.91 Å². The van der Waals surface area contributed by atoms with Crippen molar-refractivity contribution in [2.75, 3.05) is 26.3 Å². The van der Waals surface area contributed by atoms with Crippen molar-refractivity contribution in [1.82, 2.24) is 10.2 Å². The third-order valence-electron chi connectivity index (χ3n) is 5.81. The summed E-state index contributed by atoms with van der Waals surface area (Å²) in [6.45, 7) is 14.6. The molecule has 0 aromatic heterocycles. The fraction of sp³-hybridized carbons (Fsp3) is 0.519. The average Bonchev–Trinajstić information content (AvgIpc) is 2.99. The predicted molar refractivity (Wildman–Crippen MR) is 129 cm³/mol. The van der Waals surface area contributed by atoms with Crippen LogP contribution in [-0.2, 0) is 17.9 Å². The molecule has 0 aliphatic carbocycles. The van der Waals surface area contributed by atoms with Gasteiger partial charge in [0, 0.05) is 38.5 Å². The van der Waals surface area contributed by atoms with Crippen molar-refractivity contribution in [2.24, 2.45) is 11.8 Å². The topological polar surface area (TPSA) is 50.8 Å². The highest BCUT2D eigenvalue weighted by Crippen LogP contribution is 2.34. The quantitative estimate of drug-likeness (QED) is 0.607. The van der Waals surface area contributed by atoms with Crippen molar-refractivity contribution in [2.45, 2.75) is 54.1 Å². The van der Waals surface area contributed by atoms with Crippen LogP contribution >= 0.6 is 0 Å². The number of hydrogen-bond donors (Lipinski definition) is 1. The molecule has 1 atom stereocenters. The summed E-state index contributed by atoms with van der Waals surface area (Å²) >= 11 is 0. The summed E-state index contributed by atoms with van der Waals surface area (Å²) in [6, 6.07) is 12.5. The highest BCUT2D eigenvalue weighted by molar-refractivity contribution is 5.78. The molecule has 32 heavy (non-hydrogen) atoms. The first-order valence-electron chi connectivity index (χ1n) is 11.8. The smallest absolute Gasteiger partial charge is 0.226 e. The number of ether oxygens (including phenoxy) is 2. The SMILES string of the molecule is Cc1ccccc1CNCC(C)C(=O)N(Cc1cc(C)c2c(c1)OCCCO2)CC(C)C. The molecule has 0 spiro atoms. The van der Waals surface area contributed by atoms with Gasteiger partial charge in [-0.2, -0.15) is 0 Å². The van der Waals surface area contributed by atoms with Gasteiger partial charge in [-0.15, -0.1) is 0 Å². The molecule has 1 aliphatic rings. The zero-order chi connectivity index (χ0) is 23.1. The normalized spacial score (nSPS) is 14.2. The molecule has 1 N–H and O–H groups in total. The number of aryl methyl sites for hydroxylation is 2. The summed E-state index contributed by atoms with van der Waals surface area (Å²) in [5.74, 6) is 2.11. The molecule has 0 saturated carbocycles.